The van der Waals surface area contributed by atoms with Crippen LogP contribution in [0.1, 0.15) is 5.56 Å². The van der Waals surface area contributed by atoms with Crippen LogP contribution in [0.4, 0.5) is 0 Å². The number of hydrogen-bond donors (Lipinski definition) is 0. The monoisotopic (exact) mass is 396 g/mol. The Morgan fingerprint density at radius 2 is 1.67 bits per heavy atom. The van der Waals surface area contributed by atoms with E-state index in [9.17, 15) is 0 Å². The Kier molecular flexibility index (Phi) is 5.10. The number of benzene rings is 3. The molecule has 4 rings (SSSR count). The van der Waals surface area contributed by atoms with E-state index in [-0.39, 0.29) is 0 Å². The van der Waals surface area contributed by atoms with Crippen LogP contribution in [0.15, 0.2) is 77.3 Å². The van der Waals surface area contributed by atoms with Gasteiger partial charge in [0, 0.05) is 16.1 Å². The minimum absolute atomic E-state index is 0.356. The second-order valence-corrected chi connectivity index (χ2v) is 6.70. The highest BCUT2D eigenvalue weighted by atomic mass is 35.5. The molecule has 4 aromatic rings. The van der Waals surface area contributed by atoms with E-state index in [0.717, 1.165) is 16.7 Å². The number of rotatable bonds is 5. The first kappa shape index (κ1) is 17.6. The lowest BCUT2D eigenvalue weighted by atomic mass is 10.1. The fraction of sp³-hybridized carbons (Fsp3) is 0.0476. The maximum Gasteiger partial charge on any atom is 0.258 e. The van der Waals surface area contributed by atoms with Crippen molar-refractivity contribution in [2.45, 2.75) is 6.61 Å². The molecule has 0 aliphatic carbocycles. The van der Waals surface area contributed by atoms with Gasteiger partial charge < -0.3 is 9.26 Å². The third kappa shape index (κ3) is 4.13. The van der Waals surface area contributed by atoms with Gasteiger partial charge >= 0.3 is 0 Å². The van der Waals surface area contributed by atoms with Gasteiger partial charge in [-0.05, 0) is 35.9 Å². The molecule has 0 N–H and O–H groups in total. The summed E-state index contributed by atoms with van der Waals surface area (Å²) in [4.78, 5) is 4.48. The number of hydrogen-bond acceptors (Lipinski definition) is 4. The maximum atomic E-state index is 6.14. The van der Waals surface area contributed by atoms with E-state index in [1.165, 1.54) is 0 Å². The summed E-state index contributed by atoms with van der Waals surface area (Å²) in [6, 6.07) is 22.6. The Labute approximate surface area is 166 Å². The molecule has 134 valence electrons. The molecule has 1 heterocycles. The van der Waals surface area contributed by atoms with Crippen LogP contribution >= 0.6 is 23.2 Å². The molecule has 0 saturated carbocycles. The van der Waals surface area contributed by atoms with Crippen LogP contribution < -0.4 is 4.74 Å². The molecule has 6 heteroatoms. The average Bonchev–Trinajstić information content (AvgIpc) is 3.19. The summed E-state index contributed by atoms with van der Waals surface area (Å²) in [5.41, 5.74) is 2.69. The van der Waals surface area contributed by atoms with Crippen molar-refractivity contribution < 1.29 is 9.26 Å². The van der Waals surface area contributed by atoms with Crippen LogP contribution in [0.25, 0.3) is 22.8 Å². The molecule has 0 aliphatic heterocycles. The van der Waals surface area contributed by atoms with Crippen molar-refractivity contribution in [3.8, 4) is 28.6 Å². The van der Waals surface area contributed by atoms with Crippen LogP contribution in [-0.4, -0.2) is 10.1 Å². The third-order valence-corrected chi connectivity index (χ3v) is 4.45. The van der Waals surface area contributed by atoms with Crippen molar-refractivity contribution in [3.63, 3.8) is 0 Å². The van der Waals surface area contributed by atoms with Crippen LogP contribution in [-0.2, 0) is 6.61 Å². The summed E-state index contributed by atoms with van der Waals surface area (Å²) >= 11 is 12.0. The minimum atomic E-state index is 0.356. The van der Waals surface area contributed by atoms with Gasteiger partial charge in [0.1, 0.15) is 12.4 Å². The zero-order valence-corrected chi connectivity index (χ0v) is 15.6. The highest BCUT2D eigenvalue weighted by Crippen LogP contribution is 2.29. The Morgan fingerprint density at radius 1 is 0.852 bits per heavy atom. The normalized spacial score (nSPS) is 10.7. The van der Waals surface area contributed by atoms with E-state index in [4.69, 9.17) is 32.5 Å². The van der Waals surface area contributed by atoms with Crippen molar-refractivity contribution in [2.24, 2.45) is 0 Å². The molecule has 0 bridgehead atoms. The zero-order chi connectivity index (χ0) is 18.6. The molecule has 27 heavy (non-hydrogen) atoms. The highest BCUT2D eigenvalue weighted by Gasteiger charge is 2.11. The first-order chi connectivity index (χ1) is 13.2. The molecule has 0 aliphatic rings. The largest absolute Gasteiger partial charge is 0.487 e. The van der Waals surface area contributed by atoms with Crippen molar-refractivity contribution in [3.05, 3.63) is 88.4 Å². The first-order valence-corrected chi connectivity index (χ1v) is 9.01. The van der Waals surface area contributed by atoms with Crippen LogP contribution in [0.2, 0.25) is 10.0 Å². The molecule has 3 aromatic carbocycles. The van der Waals surface area contributed by atoms with E-state index in [0.29, 0.717) is 34.1 Å². The average molecular weight is 397 g/mol. The highest BCUT2D eigenvalue weighted by molar-refractivity contribution is 6.35. The van der Waals surface area contributed by atoms with Crippen LogP contribution in [0, 0.1) is 0 Å². The van der Waals surface area contributed by atoms with Crippen molar-refractivity contribution in [1.29, 1.82) is 0 Å². The molecule has 0 radical (unpaired) electrons. The second-order valence-electron chi connectivity index (χ2n) is 5.85. The lowest BCUT2D eigenvalue weighted by Gasteiger charge is -2.08. The van der Waals surface area contributed by atoms with Gasteiger partial charge in [-0.2, -0.15) is 4.98 Å². The van der Waals surface area contributed by atoms with Crippen LogP contribution in [0.5, 0.6) is 5.75 Å². The second kappa shape index (κ2) is 7.82. The molecule has 0 saturated heterocycles. The van der Waals surface area contributed by atoms with Crippen molar-refractivity contribution >= 4 is 23.2 Å². The summed E-state index contributed by atoms with van der Waals surface area (Å²) in [6.07, 6.45) is 0. The fourth-order valence-electron chi connectivity index (χ4n) is 2.59. The van der Waals surface area contributed by atoms with Gasteiger partial charge in [0.15, 0.2) is 0 Å². The molecule has 0 fully saturated rings. The number of halogens is 2. The lowest BCUT2D eigenvalue weighted by Crippen LogP contribution is -1.96. The zero-order valence-electron chi connectivity index (χ0n) is 14.1. The first-order valence-electron chi connectivity index (χ1n) is 8.25. The van der Waals surface area contributed by atoms with E-state index < -0.39 is 0 Å². The Balaban J connectivity index is 1.52. The molecule has 0 atom stereocenters. The lowest BCUT2D eigenvalue weighted by molar-refractivity contribution is 0.306. The number of aromatic nitrogens is 2. The van der Waals surface area contributed by atoms with Gasteiger partial charge in [-0.25, -0.2) is 0 Å². The summed E-state index contributed by atoms with van der Waals surface area (Å²) in [7, 11) is 0. The molecule has 0 unspecified atom stereocenters. The van der Waals surface area contributed by atoms with Gasteiger partial charge in [-0.1, -0.05) is 70.8 Å². The van der Waals surface area contributed by atoms with Crippen molar-refractivity contribution in [2.75, 3.05) is 0 Å². The molecular weight excluding hydrogens is 383 g/mol. The quantitative estimate of drug-likeness (QED) is 0.397. The fourth-order valence-corrected chi connectivity index (χ4v) is 3.06. The molecule has 1 aromatic heterocycles. The molecule has 0 amide bonds. The van der Waals surface area contributed by atoms with Gasteiger partial charge in [0.25, 0.3) is 5.89 Å². The summed E-state index contributed by atoms with van der Waals surface area (Å²) in [5.74, 6) is 1.59. The van der Waals surface area contributed by atoms with Gasteiger partial charge in [-0.3, -0.25) is 0 Å². The van der Waals surface area contributed by atoms with E-state index in [2.05, 4.69) is 10.1 Å². The van der Waals surface area contributed by atoms with E-state index >= 15 is 0 Å². The van der Waals surface area contributed by atoms with Gasteiger partial charge in [0.05, 0.1) is 5.02 Å². The van der Waals surface area contributed by atoms with Crippen LogP contribution in [0.3, 0.4) is 0 Å². The standard InChI is InChI=1S/C21H14Cl2N2O2/c22-17-9-10-19(18(23)12-17)26-13-14-5-4-8-16(11-14)21-24-20(25-27-21)15-6-2-1-3-7-15/h1-12H,13H2. The Morgan fingerprint density at radius 3 is 2.48 bits per heavy atom. The van der Waals surface area contributed by atoms with E-state index in [1.54, 1.807) is 18.2 Å². The summed E-state index contributed by atoms with van der Waals surface area (Å²) < 4.78 is 11.2. The number of ether oxygens (including phenoxy) is 1. The predicted octanol–water partition coefficient (Wildman–Crippen LogP) is 6.29. The Bertz CT molecular complexity index is 1060. The van der Waals surface area contributed by atoms with Gasteiger partial charge in [-0.15, -0.1) is 0 Å². The molecular formula is C21H14Cl2N2O2. The third-order valence-electron chi connectivity index (χ3n) is 3.92. The summed E-state index contributed by atoms with van der Waals surface area (Å²) in [6.45, 7) is 0.356. The molecule has 4 nitrogen and oxygen atoms in total. The SMILES string of the molecule is Clc1ccc(OCc2cccc(-c3nc(-c4ccccc4)no3)c2)c(Cl)c1. The van der Waals surface area contributed by atoms with Gasteiger partial charge in [0.2, 0.25) is 5.82 Å². The van der Waals surface area contributed by atoms with Crippen molar-refractivity contribution in [1.82, 2.24) is 10.1 Å². The summed E-state index contributed by atoms with van der Waals surface area (Å²) in [5, 5.41) is 5.10. The Hall–Kier alpha value is -2.82. The van der Waals surface area contributed by atoms with E-state index in [1.807, 2.05) is 54.6 Å². The topological polar surface area (TPSA) is 48.2 Å². The smallest absolute Gasteiger partial charge is 0.258 e. The maximum absolute atomic E-state index is 6.14. The minimum Gasteiger partial charge on any atom is -0.487 e. The predicted molar refractivity (Wildman–Crippen MR) is 106 cm³/mol. The molecule has 0 spiro atoms. The number of nitrogens with zero attached hydrogens (tertiary/aromatic N) is 2.